The van der Waals surface area contributed by atoms with Gasteiger partial charge in [0.25, 0.3) is 0 Å². The average molecular weight is 269 g/mol. The summed E-state index contributed by atoms with van der Waals surface area (Å²) >= 11 is 0. The fourth-order valence-corrected chi connectivity index (χ4v) is 2.47. The number of carboxylic acids is 1. The molecule has 6 heteroatoms. The zero-order valence-electron chi connectivity index (χ0n) is 11.5. The minimum absolute atomic E-state index is 0.0919. The Kier molecular flexibility index (Phi) is 4.76. The molecular formula is C13H23N3O3. The third-order valence-electron chi connectivity index (χ3n) is 3.99. The minimum atomic E-state index is -0.849. The van der Waals surface area contributed by atoms with Crippen molar-refractivity contribution in [3.8, 4) is 0 Å². The van der Waals surface area contributed by atoms with Crippen molar-refractivity contribution in [3.63, 3.8) is 0 Å². The third kappa shape index (κ3) is 4.18. The van der Waals surface area contributed by atoms with Gasteiger partial charge >= 0.3 is 5.97 Å². The van der Waals surface area contributed by atoms with Crippen LogP contribution >= 0.6 is 0 Å². The third-order valence-corrected chi connectivity index (χ3v) is 3.99. The van der Waals surface area contributed by atoms with Crippen LogP contribution in [0.25, 0.3) is 0 Å². The van der Waals surface area contributed by atoms with E-state index in [1.54, 1.807) is 0 Å². The molecule has 0 aromatic heterocycles. The van der Waals surface area contributed by atoms with Crippen molar-refractivity contribution in [1.82, 2.24) is 15.1 Å². The van der Waals surface area contributed by atoms with Crippen molar-refractivity contribution in [3.05, 3.63) is 0 Å². The highest BCUT2D eigenvalue weighted by Gasteiger charge is 2.48. The fraction of sp³-hybridized carbons (Fsp3) is 0.846. The molecular weight excluding hydrogens is 246 g/mol. The molecule has 0 bridgehead atoms. The van der Waals surface area contributed by atoms with Crippen LogP contribution < -0.4 is 5.32 Å². The Morgan fingerprint density at radius 3 is 2.47 bits per heavy atom. The summed E-state index contributed by atoms with van der Waals surface area (Å²) in [7, 11) is 2.13. The first-order valence-electron chi connectivity index (χ1n) is 6.99. The van der Waals surface area contributed by atoms with Crippen LogP contribution in [0.5, 0.6) is 0 Å². The van der Waals surface area contributed by atoms with E-state index >= 15 is 0 Å². The van der Waals surface area contributed by atoms with Crippen molar-refractivity contribution in [2.24, 2.45) is 11.8 Å². The molecule has 0 aromatic rings. The van der Waals surface area contributed by atoms with E-state index in [-0.39, 0.29) is 11.8 Å². The second kappa shape index (κ2) is 6.34. The number of likely N-dealkylation sites (N-methyl/N-ethyl adjacent to an activating group) is 1. The highest BCUT2D eigenvalue weighted by Crippen LogP contribution is 2.38. The van der Waals surface area contributed by atoms with Gasteiger partial charge < -0.3 is 20.2 Å². The van der Waals surface area contributed by atoms with Crippen molar-refractivity contribution in [2.75, 3.05) is 46.3 Å². The zero-order valence-corrected chi connectivity index (χ0v) is 11.5. The van der Waals surface area contributed by atoms with E-state index in [0.717, 1.165) is 39.1 Å². The molecule has 1 heterocycles. The summed E-state index contributed by atoms with van der Waals surface area (Å²) in [6.45, 7) is 6.04. The van der Waals surface area contributed by atoms with Crippen LogP contribution in [0.4, 0.5) is 0 Å². The van der Waals surface area contributed by atoms with Gasteiger partial charge in [0.2, 0.25) is 5.91 Å². The maximum absolute atomic E-state index is 11.6. The Morgan fingerprint density at radius 1 is 1.21 bits per heavy atom. The van der Waals surface area contributed by atoms with Crippen LogP contribution in [0.3, 0.4) is 0 Å². The van der Waals surface area contributed by atoms with Gasteiger partial charge in [0.1, 0.15) is 0 Å². The number of carbonyl (C=O) groups is 2. The molecule has 2 atom stereocenters. The summed E-state index contributed by atoms with van der Waals surface area (Å²) < 4.78 is 0. The van der Waals surface area contributed by atoms with Gasteiger partial charge in [-0.05, 0) is 26.4 Å². The molecule has 1 saturated heterocycles. The monoisotopic (exact) mass is 269 g/mol. The highest BCUT2D eigenvalue weighted by molar-refractivity contribution is 5.89. The molecule has 2 rings (SSSR count). The molecule has 0 spiro atoms. The zero-order chi connectivity index (χ0) is 13.8. The number of amides is 1. The molecule has 2 fully saturated rings. The molecule has 0 radical (unpaired) electrons. The number of nitrogens with zero attached hydrogens (tertiary/aromatic N) is 2. The van der Waals surface area contributed by atoms with Crippen molar-refractivity contribution >= 4 is 11.9 Å². The lowest BCUT2D eigenvalue weighted by Crippen LogP contribution is -2.45. The molecule has 19 heavy (non-hydrogen) atoms. The number of carboxylic acid groups (broad SMARTS) is 1. The van der Waals surface area contributed by atoms with Gasteiger partial charge in [-0.25, -0.2) is 0 Å². The van der Waals surface area contributed by atoms with Crippen LogP contribution in [0.15, 0.2) is 0 Å². The van der Waals surface area contributed by atoms with Crippen LogP contribution in [-0.4, -0.2) is 73.1 Å². The van der Waals surface area contributed by atoms with E-state index in [1.807, 2.05) is 0 Å². The van der Waals surface area contributed by atoms with E-state index in [2.05, 4.69) is 22.2 Å². The number of hydrogen-bond acceptors (Lipinski definition) is 4. The summed E-state index contributed by atoms with van der Waals surface area (Å²) in [5.74, 6) is -1.68. The second-order valence-electron chi connectivity index (χ2n) is 5.58. The quantitative estimate of drug-likeness (QED) is 0.634. The van der Waals surface area contributed by atoms with Gasteiger partial charge in [-0.2, -0.15) is 0 Å². The molecule has 1 amide bonds. The molecule has 108 valence electrons. The summed E-state index contributed by atoms with van der Waals surface area (Å²) in [5, 5.41) is 11.6. The topological polar surface area (TPSA) is 72.9 Å². The molecule has 6 nitrogen and oxygen atoms in total. The lowest BCUT2D eigenvalue weighted by molar-refractivity contribution is -0.140. The second-order valence-corrected chi connectivity index (χ2v) is 5.58. The van der Waals surface area contributed by atoms with Crippen LogP contribution in [0, 0.1) is 11.8 Å². The van der Waals surface area contributed by atoms with Gasteiger partial charge in [0.05, 0.1) is 11.8 Å². The Hall–Kier alpha value is -1.14. The molecule has 2 N–H and O–H groups in total. The van der Waals surface area contributed by atoms with Crippen molar-refractivity contribution in [2.45, 2.75) is 12.8 Å². The first kappa shape index (κ1) is 14.3. The van der Waals surface area contributed by atoms with E-state index in [0.29, 0.717) is 13.0 Å². The Bertz CT molecular complexity index is 340. The normalized spacial score (nSPS) is 28.1. The number of carbonyl (C=O) groups excluding carboxylic acids is 1. The van der Waals surface area contributed by atoms with E-state index in [9.17, 15) is 9.59 Å². The molecule has 2 aliphatic rings. The van der Waals surface area contributed by atoms with Crippen molar-refractivity contribution < 1.29 is 14.7 Å². The van der Waals surface area contributed by atoms with Crippen LogP contribution in [0.1, 0.15) is 12.8 Å². The van der Waals surface area contributed by atoms with Crippen LogP contribution in [-0.2, 0) is 9.59 Å². The standard InChI is InChI=1S/C13H23N3O3/c1-15-5-7-16(8-6-15)4-2-3-14-12(17)10-9-11(10)13(18)19/h10-11H,2-9H2,1H3,(H,14,17)(H,18,19). The fourth-order valence-electron chi connectivity index (χ4n) is 2.47. The lowest BCUT2D eigenvalue weighted by atomic mass is 10.2. The minimum Gasteiger partial charge on any atom is -0.481 e. The van der Waals surface area contributed by atoms with E-state index in [1.165, 1.54) is 0 Å². The number of piperazine rings is 1. The predicted octanol–water partition coefficient (Wildman–Crippen LogP) is -0.539. The maximum Gasteiger partial charge on any atom is 0.307 e. The SMILES string of the molecule is CN1CCN(CCCNC(=O)C2CC2C(=O)O)CC1. The van der Waals surface area contributed by atoms with Gasteiger partial charge in [0.15, 0.2) is 0 Å². The highest BCUT2D eigenvalue weighted by atomic mass is 16.4. The number of hydrogen-bond donors (Lipinski definition) is 2. The lowest BCUT2D eigenvalue weighted by Gasteiger charge is -2.32. The molecule has 1 aliphatic heterocycles. The van der Waals surface area contributed by atoms with E-state index < -0.39 is 11.9 Å². The number of rotatable bonds is 6. The Balaban J connectivity index is 1.53. The number of nitrogens with one attached hydrogen (secondary N) is 1. The Labute approximate surface area is 113 Å². The van der Waals surface area contributed by atoms with Crippen LogP contribution in [0.2, 0.25) is 0 Å². The van der Waals surface area contributed by atoms with Gasteiger partial charge in [-0.15, -0.1) is 0 Å². The van der Waals surface area contributed by atoms with Crippen molar-refractivity contribution in [1.29, 1.82) is 0 Å². The first-order valence-corrected chi connectivity index (χ1v) is 6.99. The Morgan fingerprint density at radius 2 is 1.89 bits per heavy atom. The average Bonchev–Trinajstić information content (AvgIpc) is 3.17. The predicted molar refractivity (Wildman–Crippen MR) is 70.8 cm³/mol. The largest absolute Gasteiger partial charge is 0.481 e. The smallest absolute Gasteiger partial charge is 0.307 e. The molecule has 0 aromatic carbocycles. The molecule has 2 unspecified atom stereocenters. The molecule has 1 aliphatic carbocycles. The van der Waals surface area contributed by atoms with E-state index in [4.69, 9.17) is 5.11 Å². The summed E-state index contributed by atoms with van der Waals surface area (Å²) in [5.41, 5.74) is 0. The first-order chi connectivity index (χ1) is 9.08. The van der Waals surface area contributed by atoms with Gasteiger partial charge in [-0.3, -0.25) is 9.59 Å². The summed E-state index contributed by atoms with van der Waals surface area (Å²) in [6.07, 6.45) is 1.43. The molecule has 1 saturated carbocycles. The summed E-state index contributed by atoms with van der Waals surface area (Å²) in [4.78, 5) is 27.0. The van der Waals surface area contributed by atoms with Gasteiger partial charge in [0, 0.05) is 32.7 Å². The maximum atomic E-state index is 11.6. The van der Waals surface area contributed by atoms with Gasteiger partial charge in [-0.1, -0.05) is 0 Å². The number of aliphatic carboxylic acids is 1. The summed E-state index contributed by atoms with van der Waals surface area (Å²) in [6, 6.07) is 0.